The molecule has 2 amide bonds. The first-order valence-corrected chi connectivity index (χ1v) is 8.91. The summed E-state index contributed by atoms with van der Waals surface area (Å²) in [5.41, 5.74) is 3.40. The predicted octanol–water partition coefficient (Wildman–Crippen LogP) is 2.33. The van der Waals surface area contributed by atoms with Crippen molar-refractivity contribution < 1.29 is 9.59 Å². The molecule has 2 aromatic carbocycles. The second-order valence-electron chi connectivity index (χ2n) is 5.70. The smallest absolute Gasteiger partial charge is 0.257 e. The summed E-state index contributed by atoms with van der Waals surface area (Å²) in [6.45, 7) is 3.96. The largest absolute Gasteiger partial charge is 0.292 e. The van der Waals surface area contributed by atoms with Gasteiger partial charge in [0.1, 0.15) is 0 Å². The number of tetrazole rings is 1. The molecule has 0 aliphatic heterocycles. The molecule has 0 aliphatic rings. The predicted molar refractivity (Wildman–Crippen MR) is 98.3 cm³/mol. The van der Waals surface area contributed by atoms with Crippen molar-refractivity contribution in [1.82, 2.24) is 25.5 Å². The fourth-order valence-electron chi connectivity index (χ4n) is 2.32. The summed E-state index contributed by atoms with van der Waals surface area (Å²) >= 11 is 1.17. The van der Waals surface area contributed by atoms with Crippen molar-refractivity contribution in [2.45, 2.75) is 19.0 Å². The molecule has 1 aromatic heterocycles. The molecule has 3 aromatic rings. The Morgan fingerprint density at radius 2 is 1.88 bits per heavy atom. The molecule has 0 saturated heterocycles. The van der Waals surface area contributed by atoms with Crippen LogP contribution in [0.3, 0.4) is 0 Å². The van der Waals surface area contributed by atoms with E-state index in [0.29, 0.717) is 10.7 Å². The zero-order valence-electron chi connectivity index (χ0n) is 14.3. The molecule has 0 aliphatic carbocycles. The summed E-state index contributed by atoms with van der Waals surface area (Å²) in [7, 11) is 0. The van der Waals surface area contributed by atoms with Crippen molar-refractivity contribution in [3.63, 3.8) is 0 Å². The van der Waals surface area contributed by atoms with E-state index in [4.69, 9.17) is 0 Å². The number of imide groups is 1. The van der Waals surface area contributed by atoms with Crippen LogP contribution in [0.2, 0.25) is 0 Å². The maximum absolute atomic E-state index is 12.1. The molecule has 1 heterocycles. The van der Waals surface area contributed by atoms with E-state index in [1.807, 2.05) is 38.1 Å². The lowest BCUT2D eigenvalue weighted by atomic mass is 10.1. The summed E-state index contributed by atoms with van der Waals surface area (Å²) in [5.74, 6) is -0.797. The number of nitrogens with zero attached hydrogens (tertiary/aromatic N) is 4. The van der Waals surface area contributed by atoms with Crippen molar-refractivity contribution in [2.75, 3.05) is 5.75 Å². The molecule has 26 heavy (non-hydrogen) atoms. The van der Waals surface area contributed by atoms with E-state index in [2.05, 4.69) is 20.8 Å². The lowest BCUT2D eigenvalue weighted by molar-refractivity contribution is -0.117. The molecule has 0 atom stereocenters. The second-order valence-corrected chi connectivity index (χ2v) is 6.64. The topological polar surface area (TPSA) is 89.8 Å². The highest BCUT2D eigenvalue weighted by Gasteiger charge is 2.15. The van der Waals surface area contributed by atoms with Crippen LogP contribution in [-0.4, -0.2) is 37.8 Å². The van der Waals surface area contributed by atoms with E-state index >= 15 is 0 Å². The maximum atomic E-state index is 12.1. The number of nitrogens with one attached hydrogen (secondary N) is 1. The van der Waals surface area contributed by atoms with Crippen molar-refractivity contribution in [3.05, 3.63) is 65.2 Å². The molecule has 8 heteroatoms. The summed E-state index contributed by atoms with van der Waals surface area (Å²) in [5, 5.41) is 14.5. The van der Waals surface area contributed by atoms with Gasteiger partial charge in [0.2, 0.25) is 11.1 Å². The first-order chi connectivity index (χ1) is 12.5. The normalized spacial score (nSPS) is 10.5. The maximum Gasteiger partial charge on any atom is 0.257 e. The van der Waals surface area contributed by atoms with E-state index in [-0.39, 0.29) is 5.75 Å². The van der Waals surface area contributed by atoms with E-state index in [9.17, 15) is 9.59 Å². The van der Waals surface area contributed by atoms with E-state index in [0.717, 1.165) is 16.8 Å². The number of amides is 2. The monoisotopic (exact) mass is 367 g/mol. The summed E-state index contributed by atoms with van der Waals surface area (Å²) in [4.78, 5) is 24.1. The van der Waals surface area contributed by atoms with Gasteiger partial charge in [0, 0.05) is 5.56 Å². The quantitative estimate of drug-likeness (QED) is 0.696. The third kappa shape index (κ3) is 4.15. The van der Waals surface area contributed by atoms with Gasteiger partial charge in [0.25, 0.3) is 5.91 Å². The van der Waals surface area contributed by atoms with Gasteiger partial charge < -0.3 is 0 Å². The number of carbonyl (C=O) groups excluding carboxylic acids is 2. The van der Waals surface area contributed by atoms with Crippen LogP contribution in [0, 0.1) is 13.8 Å². The van der Waals surface area contributed by atoms with Crippen LogP contribution in [0.25, 0.3) is 5.69 Å². The van der Waals surface area contributed by atoms with Crippen LogP contribution in [0.15, 0.2) is 53.7 Å². The van der Waals surface area contributed by atoms with Crippen molar-refractivity contribution in [2.24, 2.45) is 0 Å². The lowest BCUT2D eigenvalue weighted by Crippen LogP contribution is -2.31. The highest BCUT2D eigenvalue weighted by atomic mass is 32.2. The van der Waals surface area contributed by atoms with Gasteiger partial charge in [-0.2, -0.15) is 4.68 Å². The summed E-state index contributed by atoms with van der Waals surface area (Å²) < 4.78 is 1.60. The summed E-state index contributed by atoms with van der Waals surface area (Å²) in [6.07, 6.45) is 0. The van der Waals surface area contributed by atoms with Crippen LogP contribution in [-0.2, 0) is 4.79 Å². The Morgan fingerprint density at radius 3 is 2.65 bits per heavy atom. The van der Waals surface area contributed by atoms with Crippen LogP contribution in [0.1, 0.15) is 21.5 Å². The molecule has 132 valence electrons. The number of rotatable bonds is 5. The highest BCUT2D eigenvalue weighted by molar-refractivity contribution is 7.99. The number of aromatic nitrogens is 4. The number of benzene rings is 2. The van der Waals surface area contributed by atoms with Gasteiger partial charge in [0.15, 0.2) is 0 Å². The van der Waals surface area contributed by atoms with Gasteiger partial charge in [-0.05, 0) is 53.6 Å². The van der Waals surface area contributed by atoms with Crippen LogP contribution in [0.4, 0.5) is 0 Å². The lowest BCUT2D eigenvalue weighted by Gasteiger charge is -2.08. The average Bonchev–Trinajstić information content (AvgIpc) is 3.11. The number of thioether (sulfide) groups is 1. The third-order valence-electron chi connectivity index (χ3n) is 3.66. The minimum absolute atomic E-state index is 0.0316. The SMILES string of the molecule is Cc1ccc(C)c(-n2nnnc2SCC(=O)NC(=O)c2ccccc2)c1. The number of hydrogen-bond donors (Lipinski definition) is 1. The zero-order chi connectivity index (χ0) is 18.5. The molecule has 7 nitrogen and oxygen atoms in total. The Labute approximate surface area is 154 Å². The zero-order valence-corrected chi connectivity index (χ0v) is 15.2. The van der Waals surface area contributed by atoms with Crippen molar-refractivity contribution >= 4 is 23.6 Å². The Bertz CT molecular complexity index is 940. The standard InChI is InChI=1S/C18H17N5O2S/c1-12-8-9-13(2)15(10-12)23-18(20-21-22-23)26-11-16(24)19-17(25)14-6-4-3-5-7-14/h3-10H,11H2,1-2H3,(H,19,24,25). The van der Waals surface area contributed by atoms with Crippen molar-refractivity contribution in [1.29, 1.82) is 0 Å². The van der Waals surface area contributed by atoms with Gasteiger partial charge in [-0.1, -0.05) is 42.1 Å². The molecule has 0 bridgehead atoms. The first-order valence-electron chi connectivity index (χ1n) is 7.92. The second kappa shape index (κ2) is 7.92. The van der Waals surface area contributed by atoms with E-state index in [1.165, 1.54) is 11.8 Å². The van der Waals surface area contributed by atoms with Gasteiger partial charge in [0.05, 0.1) is 11.4 Å². The minimum Gasteiger partial charge on any atom is -0.292 e. The van der Waals surface area contributed by atoms with Gasteiger partial charge in [-0.15, -0.1) is 5.10 Å². The minimum atomic E-state index is -0.426. The highest BCUT2D eigenvalue weighted by Crippen LogP contribution is 2.21. The molecule has 1 N–H and O–H groups in total. The molecule has 0 saturated carbocycles. The number of carbonyl (C=O) groups is 2. The molecule has 0 fully saturated rings. The Hall–Kier alpha value is -3.00. The molecular formula is C18H17N5O2S. The number of hydrogen-bond acceptors (Lipinski definition) is 6. The Morgan fingerprint density at radius 1 is 1.12 bits per heavy atom. The van der Waals surface area contributed by atoms with Gasteiger partial charge in [-0.3, -0.25) is 14.9 Å². The Kier molecular flexibility index (Phi) is 5.43. The first kappa shape index (κ1) is 17.8. The molecule has 0 unspecified atom stereocenters. The van der Waals surface area contributed by atoms with Gasteiger partial charge in [-0.25, -0.2) is 0 Å². The van der Waals surface area contributed by atoms with Gasteiger partial charge >= 0.3 is 0 Å². The van der Waals surface area contributed by atoms with Crippen LogP contribution in [0.5, 0.6) is 0 Å². The van der Waals surface area contributed by atoms with Crippen LogP contribution < -0.4 is 5.32 Å². The fraction of sp³-hybridized carbons (Fsp3) is 0.167. The van der Waals surface area contributed by atoms with Crippen LogP contribution >= 0.6 is 11.8 Å². The molecule has 0 spiro atoms. The van der Waals surface area contributed by atoms with E-state index in [1.54, 1.807) is 28.9 Å². The molecular weight excluding hydrogens is 350 g/mol. The molecule has 3 rings (SSSR count). The average molecular weight is 367 g/mol. The Balaban J connectivity index is 1.66. The fourth-order valence-corrected chi connectivity index (χ4v) is 3.01. The van der Waals surface area contributed by atoms with Crippen molar-refractivity contribution in [3.8, 4) is 5.69 Å². The number of aryl methyl sites for hydroxylation is 2. The third-order valence-corrected chi connectivity index (χ3v) is 4.57. The molecule has 0 radical (unpaired) electrons. The summed E-state index contributed by atoms with van der Waals surface area (Å²) in [6, 6.07) is 14.6. The van der Waals surface area contributed by atoms with E-state index < -0.39 is 11.8 Å².